The van der Waals surface area contributed by atoms with Gasteiger partial charge in [0.2, 0.25) is 5.91 Å². The van der Waals surface area contributed by atoms with E-state index < -0.39 is 0 Å². The molecule has 0 aromatic carbocycles. The summed E-state index contributed by atoms with van der Waals surface area (Å²) in [6.07, 6.45) is 4.59. The Hall–Kier alpha value is -0.620. The second-order valence-corrected chi connectivity index (χ2v) is 7.71. The molecule has 0 aliphatic carbocycles. The van der Waals surface area contributed by atoms with E-state index in [0.717, 1.165) is 35.2 Å². The fraction of sp³-hybridized carbons (Fsp3) is 0.769. The average Bonchev–Trinajstić information content (AvgIpc) is 2.83. The Kier molecular flexibility index (Phi) is 5.21. The first-order valence-corrected chi connectivity index (χ1v) is 8.58. The fourth-order valence-corrected chi connectivity index (χ4v) is 4.51. The van der Waals surface area contributed by atoms with E-state index in [2.05, 4.69) is 22.0 Å². The highest BCUT2D eigenvalue weighted by Crippen LogP contribution is 2.29. The summed E-state index contributed by atoms with van der Waals surface area (Å²) in [4.78, 5) is 14.6. The summed E-state index contributed by atoms with van der Waals surface area (Å²) in [5.41, 5.74) is 0. The molecule has 1 saturated heterocycles. The minimum atomic E-state index is -0.0699. The number of aryl methyl sites for hydroxylation is 1. The number of hydrogen-bond donors (Lipinski definition) is 0. The molecule has 19 heavy (non-hydrogen) atoms. The van der Waals surface area contributed by atoms with E-state index in [-0.39, 0.29) is 11.2 Å². The van der Waals surface area contributed by atoms with E-state index in [1.54, 1.807) is 11.3 Å². The summed E-state index contributed by atoms with van der Waals surface area (Å²) in [6, 6.07) is 0.431. The summed E-state index contributed by atoms with van der Waals surface area (Å²) in [7, 11) is 0. The molecule has 1 fully saturated rings. The van der Waals surface area contributed by atoms with Crippen LogP contribution >= 0.6 is 23.1 Å². The molecule has 1 aliphatic heterocycles. The van der Waals surface area contributed by atoms with Crippen LogP contribution in [0.2, 0.25) is 0 Å². The van der Waals surface area contributed by atoms with Gasteiger partial charge in [-0.05, 0) is 39.5 Å². The maximum Gasteiger partial charge on any atom is 0.236 e. The third-order valence-corrected chi connectivity index (χ3v) is 5.52. The third-order valence-electron chi connectivity index (χ3n) is 3.51. The number of carbonyl (C=O) groups excluding carboxylic acids is 1. The molecule has 2 atom stereocenters. The molecule has 1 aromatic rings. The van der Waals surface area contributed by atoms with Crippen molar-refractivity contribution < 1.29 is 4.79 Å². The number of likely N-dealkylation sites (tertiary alicyclic amines) is 1. The highest BCUT2D eigenvalue weighted by Gasteiger charge is 2.29. The molecule has 0 spiro atoms. The van der Waals surface area contributed by atoms with Gasteiger partial charge in [-0.25, -0.2) is 0 Å². The summed E-state index contributed by atoms with van der Waals surface area (Å²) in [6.45, 7) is 7.00. The van der Waals surface area contributed by atoms with Crippen LogP contribution in [0.25, 0.3) is 0 Å². The molecule has 2 unspecified atom stereocenters. The van der Waals surface area contributed by atoms with E-state index in [4.69, 9.17) is 0 Å². The summed E-state index contributed by atoms with van der Waals surface area (Å²) < 4.78 is 0.892. The fourth-order valence-electron chi connectivity index (χ4n) is 2.48. The maximum atomic E-state index is 12.5. The van der Waals surface area contributed by atoms with Crippen LogP contribution in [0, 0.1) is 6.92 Å². The van der Waals surface area contributed by atoms with Crippen LogP contribution in [0.1, 0.15) is 44.5 Å². The molecule has 2 heterocycles. The molecular formula is C13H21N3OS2. The van der Waals surface area contributed by atoms with Crippen LogP contribution in [-0.2, 0) is 4.79 Å². The molecule has 1 aromatic heterocycles. The van der Waals surface area contributed by atoms with Gasteiger partial charge in [-0.3, -0.25) is 4.79 Å². The zero-order valence-electron chi connectivity index (χ0n) is 11.8. The first-order valence-electron chi connectivity index (χ1n) is 6.89. The first-order chi connectivity index (χ1) is 9.11. The van der Waals surface area contributed by atoms with E-state index in [0.29, 0.717) is 6.04 Å². The van der Waals surface area contributed by atoms with Gasteiger partial charge in [0.15, 0.2) is 4.34 Å². The van der Waals surface area contributed by atoms with Crippen molar-refractivity contribution in [1.82, 2.24) is 15.1 Å². The molecule has 0 saturated carbocycles. The van der Waals surface area contributed by atoms with Crippen LogP contribution in [0.15, 0.2) is 4.34 Å². The minimum Gasteiger partial charge on any atom is -0.339 e. The van der Waals surface area contributed by atoms with E-state index in [9.17, 15) is 4.79 Å². The molecular weight excluding hydrogens is 278 g/mol. The highest BCUT2D eigenvalue weighted by atomic mass is 32.2. The zero-order chi connectivity index (χ0) is 13.8. The highest BCUT2D eigenvalue weighted by molar-refractivity contribution is 8.02. The SMILES string of the molecule is CCC1CCCCN1C(=O)C(C)Sc1nnc(C)s1. The predicted molar refractivity (Wildman–Crippen MR) is 79.6 cm³/mol. The maximum absolute atomic E-state index is 12.5. The van der Waals surface area contributed by atoms with Crippen LogP contribution in [0.4, 0.5) is 0 Å². The van der Waals surface area contributed by atoms with Crippen molar-refractivity contribution in [3.05, 3.63) is 5.01 Å². The quantitative estimate of drug-likeness (QED) is 0.801. The van der Waals surface area contributed by atoms with Gasteiger partial charge >= 0.3 is 0 Å². The van der Waals surface area contributed by atoms with Crippen LogP contribution in [0.5, 0.6) is 0 Å². The van der Waals surface area contributed by atoms with Crippen molar-refractivity contribution in [2.24, 2.45) is 0 Å². The summed E-state index contributed by atoms with van der Waals surface area (Å²) >= 11 is 3.09. The molecule has 6 heteroatoms. The Morgan fingerprint density at radius 2 is 2.32 bits per heavy atom. The predicted octanol–water partition coefficient (Wildman–Crippen LogP) is 3.12. The number of carbonyl (C=O) groups is 1. The van der Waals surface area contributed by atoms with Crippen molar-refractivity contribution in [2.45, 2.75) is 62.1 Å². The van der Waals surface area contributed by atoms with Crippen molar-refractivity contribution in [2.75, 3.05) is 6.54 Å². The lowest BCUT2D eigenvalue weighted by atomic mass is 10.00. The zero-order valence-corrected chi connectivity index (χ0v) is 13.4. The van der Waals surface area contributed by atoms with Crippen molar-refractivity contribution in [3.8, 4) is 0 Å². The minimum absolute atomic E-state index is 0.0699. The van der Waals surface area contributed by atoms with Gasteiger partial charge in [-0.15, -0.1) is 10.2 Å². The second kappa shape index (κ2) is 6.70. The van der Waals surface area contributed by atoms with Gasteiger partial charge in [0.25, 0.3) is 0 Å². The van der Waals surface area contributed by atoms with Gasteiger partial charge in [-0.1, -0.05) is 30.0 Å². The Morgan fingerprint density at radius 1 is 1.53 bits per heavy atom. The average molecular weight is 299 g/mol. The number of piperidine rings is 1. The topological polar surface area (TPSA) is 46.1 Å². The molecule has 4 nitrogen and oxygen atoms in total. The molecule has 0 N–H and O–H groups in total. The van der Waals surface area contributed by atoms with Crippen molar-refractivity contribution >= 4 is 29.0 Å². The Balaban J connectivity index is 1.97. The number of rotatable bonds is 4. The van der Waals surface area contributed by atoms with Gasteiger partial charge in [0.05, 0.1) is 5.25 Å². The smallest absolute Gasteiger partial charge is 0.236 e. The molecule has 106 valence electrons. The number of nitrogens with zero attached hydrogens (tertiary/aromatic N) is 3. The number of aromatic nitrogens is 2. The lowest BCUT2D eigenvalue weighted by molar-refractivity contribution is -0.134. The van der Waals surface area contributed by atoms with Crippen LogP contribution in [0.3, 0.4) is 0 Å². The Labute approximate surface area is 123 Å². The van der Waals surface area contributed by atoms with Gasteiger partial charge in [0, 0.05) is 12.6 Å². The molecule has 1 amide bonds. The number of hydrogen-bond acceptors (Lipinski definition) is 5. The van der Waals surface area contributed by atoms with Crippen molar-refractivity contribution in [1.29, 1.82) is 0 Å². The standard InChI is InChI=1S/C13H21N3OS2/c1-4-11-7-5-6-8-16(11)12(17)9(2)18-13-15-14-10(3)19-13/h9,11H,4-8H2,1-3H3. The number of amides is 1. The molecule has 1 aliphatic rings. The van der Waals surface area contributed by atoms with Crippen LogP contribution < -0.4 is 0 Å². The van der Waals surface area contributed by atoms with E-state index in [1.807, 2.05) is 13.8 Å². The molecule has 0 bridgehead atoms. The van der Waals surface area contributed by atoms with E-state index in [1.165, 1.54) is 18.2 Å². The van der Waals surface area contributed by atoms with Gasteiger partial charge in [0.1, 0.15) is 5.01 Å². The molecule has 2 rings (SSSR count). The van der Waals surface area contributed by atoms with Gasteiger partial charge < -0.3 is 4.90 Å². The monoisotopic (exact) mass is 299 g/mol. The lowest BCUT2D eigenvalue weighted by Gasteiger charge is -2.36. The van der Waals surface area contributed by atoms with E-state index >= 15 is 0 Å². The Bertz CT molecular complexity index is 435. The lowest BCUT2D eigenvalue weighted by Crippen LogP contribution is -2.46. The molecule has 0 radical (unpaired) electrons. The largest absolute Gasteiger partial charge is 0.339 e. The van der Waals surface area contributed by atoms with Crippen LogP contribution in [-0.4, -0.2) is 38.8 Å². The summed E-state index contributed by atoms with van der Waals surface area (Å²) in [5.74, 6) is 0.254. The van der Waals surface area contributed by atoms with Gasteiger partial charge in [-0.2, -0.15) is 0 Å². The normalized spacial score (nSPS) is 21.4. The number of thioether (sulfide) groups is 1. The first kappa shape index (κ1) is 14.8. The van der Waals surface area contributed by atoms with Crippen molar-refractivity contribution in [3.63, 3.8) is 0 Å². The Morgan fingerprint density at radius 3 is 2.95 bits per heavy atom. The second-order valence-electron chi connectivity index (χ2n) is 4.94. The third kappa shape index (κ3) is 3.69. The summed E-state index contributed by atoms with van der Waals surface area (Å²) in [5, 5.41) is 8.96.